The fourth-order valence-electron chi connectivity index (χ4n) is 3.23. The molecule has 0 spiro atoms. The number of hydrogen-bond acceptors (Lipinski definition) is 2. The van der Waals surface area contributed by atoms with Gasteiger partial charge in [0.1, 0.15) is 0 Å². The molecule has 0 fully saturated rings. The van der Waals surface area contributed by atoms with E-state index in [0.717, 1.165) is 16.1 Å². The first-order valence-corrected chi connectivity index (χ1v) is 9.36. The third-order valence-electron chi connectivity index (χ3n) is 4.53. The second-order valence-electron chi connectivity index (χ2n) is 6.23. The highest BCUT2D eigenvalue weighted by Gasteiger charge is 2.05. The van der Waals surface area contributed by atoms with E-state index in [1.165, 1.54) is 26.6 Å². The number of hydrogen-bond donors (Lipinski definition) is 1. The molecule has 1 nitrogen and oxygen atoms in total. The summed E-state index contributed by atoms with van der Waals surface area (Å²) in [5.41, 5.74) is 4.65. The van der Waals surface area contributed by atoms with Crippen LogP contribution < -0.4 is 5.32 Å². The highest BCUT2D eigenvalue weighted by molar-refractivity contribution is 7.25. The first-order chi connectivity index (χ1) is 12.9. The first kappa shape index (κ1) is 15.0. The van der Waals surface area contributed by atoms with Crippen molar-refractivity contribution in [2.45, 2.75) is 0 Å². The minimum Gasteiger partial charge on any atom is -0.355 e. The summed E-state index contributed by atoms with van der Waals surface area (Å²) in [5.74, 6) is 0. The maximum Gasteiger partial charge on any atom is 0.0857 e. The standard InChI is InChI=1S/C24H15NS/c1-2-6-17(7-3-1)18-10-12-19(13-11-18)25-20-14-15-22-21-8-4-5-9-23(21)26-24(22)16-20/h1-4,6-8,10-16,25H. The molecule has 1 aromatic heterocycles. The molecule has 0 amide bonds. The van der Waals surface area contributed by atoms with Crippen LogP contribution in [0.25, 0.3) is 31.3 Å². The van der Waals surface area contributed by atoms with Gasteiger partial charge in [-0.15, -0.1) is 11.3 Å². The fourth-order valence-corrected chi connectivity index (χ4v) is 4.32. The van der Waals surface area contributed by atoms with Crippen LogP contribution in [0.4, 0.5) is 11.4 Å². The topological polar surface area (TPSA) is 12.0 Å². The molecule has 5 rings (SSSR count). The van der Waals surface area contributed by atoms with E-state index >= 15 is 0 Å². The Kier molecular flexibility index (Phi) is 3.59. The SMILES string of the molecule is c1ccc2c(c#1)sc1cc(Nc3ccc(-c4ccccc4)cc3)ccc12. The zero-order valence-corrected chi connectivity index (χ0v) is 14.8. The molecule has 0 atom stereocenters. The lowest BCUT2D eigenvalue weighted by Crippen LogP contribution is -1.89. The molecule has 4 aromatic carbocycles. The van der Waals surface area contributed by atoms with Gasteiger partial charge in [-0.1, -0.05) is 60.7 Å². The molecule has 122 valence electrons. The number of thiophene rings is 1. The zero-order valence-electron chi connectivity index (χ0n) is 14.0. The van der Waals surface area contributed by atoms with Crippen molar-refractivity contribution in [1.82, 2.24) is 0 Å². The van der Waals surface area contributed by atoms with Crippen LogP contribution in [-0.4, -0.2) is 0 Å². The summed E-state index contributed by atoms with van der Waals surface area (Å²) in [6.45, 7) is 0. The van der Waals surface area contributed by atoms with E-state index in [1.54, 1.807) is 11.3 Å². The van der Waals surface area contributed by atoms with Crippen LogP contribution in [0.5, 0.6) is 0 Å². The highest BCUT2D eigenvalue weighted by atomic mass is 32.1. The molecular weight excluding hydrogens is 334 g/mol. The molecule has 0 radical (unpaired) electrons. The minimum atomic E-state index is 1.09. The number of fused-ring (bicyclic) bond motifs is 3. The van der Waals surface area contributed by atoms with Gasteiger partial charge in [0.05, 0.1) is 4.70 Å². The predicted molar refractivity (Wildman–Crippen MR) is 112 cm³/mol. The van der Waals surface area contributed by atoms with Crippen molar-refractivity contribution in [2.75, 3.05) is 5.32 Å². The summed E-state index contributed by atoms with van der Waals surface area (Å²) in [6, 6.07) is 35.8. The van der Waals surface area contributed by atoms with Crippen molar-refractivity contribution in [1.29, 1.82) is 0 Å². The average molecular weight is 349 g/mol. The molecule has 2 heteroatoms. The van der Waals surface area contributed by atoms with Crippen LogP contribution in [0.3, 0.4) is 0 Å². The van der Waals surface area contributed by atoms with Gasteiger partial charge in [-0.2, -0.15) is 0 Å². The van der Waals surface area contributed by atoms with E-state index in [9.17, 15) is 0 Å². The molecule has 0 saturated carbocycles. The van der Waals surface area contributed by atoms with Gasteiger partial charge in [0.2, 0.25) is 0 Å². The summed E-state index contributed by atoms with van der Waals surface area (Å²) in [7, 11) is 0. The Hall–Kier alpha value is -3.28. The van der Waals surface area contributed by atoms with Crippen LogP contribution in [0.15, 0.2) is 84.9 Å². The maximum atomic E-state index is 3.51. The van der Waals surface area contributed by atoms with Crippen molar-refractivity contribution in [3.63, 3.8) is 0 Å². The monoisotopic (exact) mass is 349 g/mol. The van der Waals surface area contributed by atoms with Crippen molar-refractivity contribution in [3.05, 3.63) is 97.1 Å². The summed E-state index contributed by atoms with van der Waals surface area (Å²) in [5, 5.41) is 6.04. The number of anilines is 2. The quantitative estimate of drug-likeness (QED) is 0.367. The molecule has 5 aromatic rings. The Morgan fingerprint density at radius 2 is 1.46 bits per heavy atom. The lowest BCUT2D eigenvalue weighted by molar-refractivity contribution is 1.56. The molecule has 0 unspecified atom stereocenters. The third-order valence-corrected chi connectivity index (χ3v) is 5.61. The van der Waals surface area contributed by atoms with Crippen LogP contribution >= 0.6 is 11.3 Å². The van der Waals surface area contributed by atoms with Gasteiger partial charge >= 0.3 is 0 Å². The van der Waals surface area contributed by atoms with E-state index < -0.39 is 0 Å². The Morgan fingerprint density at radius 3 is 2.31 bits per heavy atom. The highest BCUT2D eigenvalue weighted by Crippen LogP contribution is 2.34. The lowest BCUT2D eigenvalue weighted by Gasteiger charge is -2.08. The van der Waals surface area contributed by atoms with E-state index in [2.05, 4.69) is 90.2 Å². The molecule has 0 aliphatic carbocycles. The van der Waals surface area contributed by atoms with Gasteiger partial charge in [-0.3, -0.25) is 0 Å². The molecular formula is C24H15NS. The van der Waals surface area contributed by atoms with Crippen LogP contribution in [-0.2, 0) is 0 Å². The minimum absolute atomic E-state index is 1.09. The fraction of sp³-hybridized carbons (Fsp3) is 0. The van der Waals surface area contributed by atoms with E-state index in [1.807, 2.05) is 12.1 Å². The molecule has 0 aliphatic rings. The first-order valence-electron chi connectivity index (χ1n) is 8.54. The third kappa shape index (κ3) is 2.69. The summed E-state index contributed by atoms with van der Waals surface area (Å²) in [4.78, 5) is 0. The van der Waals surface area contributed by atoms with Crippen LogP contribution in [0, 0.1) is 12.1 Å². The summed E-state index contributed by atoms with van der Waals surface area (Å²) in [6.07, 6.45) is 0. The average Bonchev–Trinajstić information content (AvgIpc) is 3.07. The van der Waals surface area contributed by atoms with E-state index in [0.29, 0.717) is 0 Å². The van der Waals surface area contributed by atoms with Gasteiger partial charge in [-0.05, 0) is 47.5 Å². The Labute approximate surface area is 156 Å². The maximum absolute atomic E-state index is 3.51. The lowest BCUT2D eigenvalue weighted by atomic mass is 10.1. The molecule has 26 heavy (non-hydrogen) atoms. The smallest absolute Gasteiger partial charge is 0.0857 e. The van der Waals surface area contributed by atoms with Gasteiger partial charge < -0.3 is 5.32 Å². The largest absolute Gasteiger partial charge is 0.355 e. The number of benzene rings is 3. The van der Waals surface area contributed by atoms with Gasteiger partial charge in [0, 0.05) is 26.8 Å². The molecule has 0 saturated heterocycles. The Morgan fingerprint density at radius 1 is 0.692 bits per heavy atom. The molecule has 0 bridgehead atoms. The second-order valence-corrected chi connectivity index (χ2v) is 7.28. The van der Waals surface area contributed by atoms with Crippen molar-refractivity contribution in [3.8, 4) is 11.1 Å². The Balaban J connectivity index is 1.44. The molecule has 1 heterocycles. The summed E-state index contributed by atoms with van der Waals surface area (Å²) >= 11 is 1.76. The zero-order chi connectivity index (χ0) is 17.3. The van der Waals surface area contributed by atoms with Crippen LogP contribution in [0.2, 0.25) is 0 Å². The summed E-state index contributed by atoms with van der Waals surface area (Å²) < 4.78 is 2.42. The van der Waals surface area contributed by atoms with Crippen molar-refractivity contribution >= 4 is 42.9 Å². The van der Waals surface area contributed by atoms with Gasteiger partial charge in [0.25, 0.3) is 0 Å². The van der Waals surface area contributed by atoms with Crippen molar-refractivity contribution in [2.24, 2.45) is 0 Å². The van der Waals surface area contributed by atoms with Crippen LogP contribution in [0.1, 0.15) is 0 Å². The number of rotatable bonds is 3. The molecule has 1 N–H and O–H groups in total. The van der Waals surface area contributed by atoms with Gasteiger partial charge in [0.15, 0.2) is 0 Å². The predicted octanol–water partition coefficient (Wildman–Crippen LogP) is 7.07. The van der Waals surface area contributed by atoms with E-state index in [-0.39, 0.29) is 0 Å². The second kappa shape index (κ2) is 6.22. The number of nitrogens with one attached hydrogen (secondary N) is 1. The van der Waals surface area contributed by atoms with Gasteiger partial charge in [-0.25, -0.2) is 0 Å². The Bertz CT molecular complexity index is 1190. The molecule has 0 aliphatic heterocycles. The normalized spacial score (nSPS) is 10.8. The van der Waals surface area contributed by atoms with E-state index in [4.69, 9.17) is 0 Å². The van der Waals surface area contributed by atoms with Crippen molar-refractivity contribution < 1.29 is 0 Å².